The van der Waals surface area contributed by atoms with Gasteiger partial charge in [-0.3, -0.25) is 4.48 Å². The highest BCUT2D eigenvalue weighted by Crippen LogP contribution is 2.11. The third-order valence-electron chi connectivity index (χ3n) is 2.26. The Morgan fingerprint density at radius 3 is 2.13 bits per heavy atom. The minimum atomic E-state index is -0.354. The quantitative estimate of drug-likeness (QED) is 0.490. The first-order valence-electron chi connectivity index (χ1n) is 4.52. The Hall–Kier alpha value is -1.56. The van der Waals surface area contributed by atoms with Crippen molar-refractivity contribution in [2.24, 2.45) is 0 Å². The molecule has 15 heavy (non-hydrogen) atoms. The Morgan fingerprint density at radius 2 is 1.80 bits per heavy atom. The van der Waals surface area contributed by atoms with Crippen molar-refractivity contribution in [1.29, 1.82) is 0 Å². The summed E-state index contributed by atoms with van der Waals surface area (Å²) in [6, 6.07) is 0. The number of nitrogens with one attached hydrogen (secondary N) is 1. The molecule has 0 amide bonds. The molecular formula is C9H15N2O4+. The van der Waals surface area contributed by atoms with E-state index in [-0.39, 0.29) is 29.5 Å². The van der Waals surface area contributed by atoms with E-state index in [1.165, 1.54) is 14.2 Å². The van der Waals surface area contributed by atoms with Gasteiger partial charge < -0.3 is 14.8 Å². The molecule has 0 spiro atoms. The minimum Gasteiger partial charge on any atom is -0.465 e. The summed E-state index contributed by atoms with van der Waals surface area (Å²) in [4.78, 5) is 22.4. The summed E-state index contributed by atoms with van der Waals surface area (Å²) in [5.41, 5.74) is 0. The number of carbonyl (C=O) groups is 2. The highest BCUT2D eigenvalue weighted by Gasteiger charge is 2.34. The van der Waals surface area contributed by atoms with Gasteiger partial charge in [-0.25, -0.2) is 9.59 Å². The van der Waals surface area contributed by atoms with Crippen LogP contribution >= 0.6 is 0 Å². The zero-order valence-corrected chi connectivity index (χ0v) is 8.86. The lowest BCUT2D eigenvalue weighted by Gasteiger charge is -2.27. The van der Waals surface area contributed by atoms with Gasteiger partial charge in [0.1, 0.15) is 6.20 Å². The fourth-order valence-electron chi connectivity index (χ4n) is 1.41. The van der Waals surface area contributed by atoms with Crippen molar-refractivity contribution >= 4 is 11.9 Å². The summed E-state index contributed by atoms with van der Waals surface area (Å²) in [6.07, 6.45) is 3.47. The van der Waals surface area contributed by atoms with Crippen LogP contribution in [0.3, 0.4) is 0 Å². The number of quaternary nitrogens is 1. The van der Waals surface area contributed by atoms with E-state index in [1.54, 1.807) is 12.4 Å². The van der Waals surface area contributed by atoms with Crippen LogP contribution in [0.5, 0.6) is 0 Å². The lowest BCUT2D eigenvalue weighted by atomic mass is 10.4. The number of esters is 2. The van der Waals surface area contributed by atoms with Gasteiger partial charge in [0.15, 0.2) is 19.8 Å². The SMILES string of the molecule is COC(=O)C[N+]1(CC(=O)OC)C=CNC1. The maximum absolute atomic E-state index is 11.2. The maximum atomic E-state index is 11.2. The van der Waals surface area contributed by atoms with Gasteiger partial charge in [0.2, 0.25) is 0 Å². The second-order valence-corrected chi connectivity index (χ2v) is 3.37. The van der Waals surface area contributed by atoms with Gasteiger partial charge in [-0.15, -0.1) is 0 Å². The van der Waals surface area contributed by atoms with Crippen LogP contribution in [0.1, 0.15) is 0 Å². The van der Waals surface area contributed by atoms with E-state index in [0.29, 0.717) is 6.67 Å². The summed E-state index contributed by atoms with van der Waals surface area (Å²) in [7, 11) is 2.65. The molecule has 0 unspecified atom stereocenters. The fraction of sp³-hybridized carbons (Fsp3) is 0.556. The fourth-order valence-corrected chi connectivity index (χ4v) is 1.41. The Labute approximate surface area is 88.0 Å². The lowest BCUT2D eigenvalue weighted by Crippen LogP contribution is -2.51. The molecule has 0 aliphatic carbocycles. The number of carbonyl (C=O) groups excluding carboxylic acids is 2. The van der Waals surface area contributed by atoms with Gasteiger partial charge >= 0.3 is 11.9 Å². The van der Waals surface area contributed by atoms with E-state index in [9.17, 15) is 9.59 Å². The number of ether oxygens (including phenoxy) is 2. The summed E-state index contributed by atoms with van der Waals surface area (Å²) >= 11 is 0. The minimum absolute atomic E-state index is 0.120. The van der Waals surface area contributed by atoms with Gasteiger partial charge in [-0.1, -0.05) is 0 Å². The second-order valence-electron chi connectivity index (χ2n) is 3.37. The zero-order valence-electron chi connectivity index (χ0n) is 8.86. The van der Waals surface area contributed by atoms with Gasteiger partial charge in [0.05, 0.1) is 20.4 Å². The normalized spacial score (nSPS) is 16.9. The first-order chi connectivity index (χ1) is 7.12. The molecular weight excluding hydrogens is 200 g/mol. The first-order valence-corrected chi connectivity index (χ1v) is 4.52. The van der Waals surface area contributed by atoms with Crippen molar-refractivity contribution in [3.8, 4) is 0 Å². The van der Waals surface area contributed by atoms with Crippen LogP contribution < -0.4 is 5.32 Å². The summed E-state index contributed by atoms with van der Waals surface area (Å²) in [6.45, 7) is 0.731. The topological polar surface area (TPSA) is 64.6 Å². The van der Waals surface area contributed by atoms with E-state index in [0.717, 1.165) is 0 Å². The first kappa shape index (κ1) is 11.5. The molecule has 0 radical (unpaired) electrons. The molecule has 0 aromatic rings. The Kier molecular flexibility index (Phi) is 3.68. The second kappa shape index (κ2) is 4.79. The average molecular weight is 215 g/mol. The number of hydrogen-bond acceptors (Lipinski definition) is 5. The van der Waals surface area contributed by atoms with Crippen LogP contribution in [0.4, 0.5) is 0 Å². The van der Waals surface area contributed by atoms with E-state index >= 15 is 0 Å². The predicted molar refractivity (Wildman–Crippen MR) is 51.2 cm³/mol. The molecule has 0 bridgehead atoms. The molecule has 1 heterocycles. The third-order valence-corrected chi connectivity index (χ3v) is 2.26. The van der Waals surface area contributed by atoms with Crippen molar-refractivity contribution in [3.63, 3.8) is 0 Å². The molecule has 1 aliphatic heterocycles. The van der Waals surface area contributed by atoms with Crippen molar-refractivity contribution in [1.82, 2.24) is 5.32 Å². The summed E-state index contributed by atoms with van der Waals surface area (Å²) in [5.74, 6) is -0.709. The molecule has 0 aromatic heterocycles. The van der Waals surface area contributed by atoms with Gasteiger partial charge in [0.25, 0.3) is 0 Å². The smallest absolute Gasteiger partial charge is 0.361 e. The number of rotatable bonds is 4. The van der Waals surface area contributed by atoms with Crippen LogP contribution in [0.15, 0.2) is 12.4 Å². The zero-order chi connectivity index (χ0) is 11.3. The van der Waals surface area contributed by atoms with Crippen molar-refractivity contribution in [2.45, 2.75) is 0 Å². The molecule has 0 atom stereocenters. The van der Waals surface area contributed by atoms with E-state index in [1.807, 2.05) is 0 Å². The lowest BCUT2D eigenvalue weighted by molar-refractivity contribution is -0.861. The Bertz CT molecular complexity index is 270. The largest absolute Gasteiger partial charge is 0.465 e. The number of nitrogens with zero attached hydrogens (tertiary/aromatic N) is 1. The van der Waals surface area contributed by atoms with Crippen molar-refractivity contribution < 1.29 is 23.5 Å². The molecule has 84 valence electrons. The highest BCUT2D eigenvalue weighted by molar-refractivity contribution is 5.73. The number of methoxy groups -OCH3 is 2. The van der Waals surface area contributed by atoms with Crippen LogP contribution in [-0.4, -0.2) is 50.4 Å². The monoisotopic (exact) mass is 215 g/mol. The van der Waals surface area contributed by atoms with Gasteiger partial charge in [-0.2, -0.15) is 0 Å². The van der Waals surface area contributed by atoms with E-state index in [2.05, 4.69) is 14.8 Å². The molecule has 6 heteroatoms. The van der Waals surface area contributed by atoms with E-state index < -0.39 is 0 Å². The maximum Gasteiger partial charge on any atom is 0.361 e. The van der Waals surface area contributed by atoms with Crippen LogP contribution in [0, 0.1) is 0 Å². The van der Waals surface area contributed by atoms with E-state index in [4.69, 9.17) is 0 Å². The highest BCUT2D eigenvalue weighted by atomic mass is 16.5. The van der Waals surface area contributed by atoms with Crippen molar-refractivity contribution in [2.75, 3.05) is 34.0 Å². The molecule has 0 saturated carbocycles. The van der Waals surface area contributed by atoms with Crippen LogP contribution in [0.25, 0.3) is 0 Å². The van der Waals surface area contributed by atoms with Crippen LogP contribution in [-0.2, 0) is 19.1 Å². The predicted octanol–water partition coefficient (Wildman–Crippen LogP) is -0.819. The summed E-state index contributed by atoms with van der Waals surface area (Å²) < 4.78 is 9.36. The molecule has 0 fully saturated rings. The molecule has 1 aliphatic rings. The molecule has 6 nitrogen and oxygen atoms in total. The molecule has 1 rings (SSSR count). The third kappa shape index (κ3) is 2.95. The average Bonchev–Trinajstić information content (AvgIpc) is 2.66. The van der Waals surface area contributed by atoms with Gasteiger partial charge in [0, 0.05) is 0 Å². The Morgan fingerprint density at radius 1 is 1.27 bits per heavy atom. The molecule has 1 N–H and O–H groups in total. The van der Waals surface area contributed by atoms with Crippen molar-refractivity contribution in [3.05, 3.63) is 12.4 Å². The molecule has 0 saturated heterocycles. The standard InChI is InChI=1S/C9H15N2O4/c1-14-8(12)5-11(4-3-10-7-11)6-9(13)15-2/h3-4,10H,5-7H2,1-2H3/q+1. The summed E-state index contributed by atoms with van der Waals surface area (Å²) in [5, 5.41) is 2.95. The van der Waals surface area contributed by atoms with Gasteiger partial charge in [-0.05, 0) is 0 Å². The molecule has 0 aromatic carbocycles. The Balaban J connectivity index is 2.66. The number of hydrogen-bond donors (Lipinski definition) is 1. The van der Waals surface area contributed by atoms with Crippen LogP contribution in [0.2, 0.25) is 0 Å².